The Hall–Kier alpha value is -1.93. The van der Waals surface area contributed by atoms with Crippen LogP contribution < -0.4 is 10.9 Å². The minimum atomic E-state index is -0.628. The molecule has 2 amide bonds. The van der Waals surface area contributed by atoms with Crippen LogP contribution in [0.25, 0.3) is 0 Å². The first-order chi connectivity index (χ1) is 10.6. The van der Waals surface area contributed by atoms with Crippen LogP contribution >= 0.6 is 15.9 Å². The van der Waals surface area contributed by atoms with Crippen molar-refractivity contribution in [3.63, 3.8) is 0 Å². The molecule has 0 saturated carbocycles. The summed E-state index contributed by atoms with van der Waals surface area (Å²) in [5.74, 6) is -1.66. The first kappa shape index (κ1) is 16.4. The maximum absolute atomic E-state index is 11.7. The Morgan fingerprint density at radius 3 is 2.59 bits per heavy atom. The lowest BCUT2D eigenvalue weighted by Crippen LogP contribution is -2.44. The van der Waals surface area contributed by atoms with Gasteiger partial charge in [-0.2, -0.15) is 0 Å². The SMILES string of the molecule is O=C(COC(=O)[C@@H]1CCCO1)NNC(=O)c1ccc(Br)cc1. The first-order valence-electron chi connectivity index (χ1n) is 6.69. The number of nitrogens with one attached hydrogen (secondary N) is 2. The number of rotatable bonds is 4. The zero-order valence-electron chi connectivity index (χ0n) is 11.6. The topological polar surface area (TPSA) is 93.7 Å². The van der Waals surface area contributed by atoms with Gasteiger partial charge in [-0.25, -0.2) is 4.79 Å². The van der Waals surface area contributed by atoms with Gasteiger partial charge in [0.1, 0.15) is 0 Å². The molecule has 1 heterocycles. The van der Waals surface area contributed by atoms with Gasteiger partial charge < -0.3 is 9.47 Å². The fourth-order valence-electron chi connectivity index (χ4n) is 1.83. The van der Waals surface area contributed by atoms with E-state index < -0.39 is 30.5 Å². The summed E-state index contributed by atoms with van der Waals surface area (Å²) in [5.41, 5.74) is 4.80. The number of benzene rings is 1. The van der Waals surface area contributed by atoms with Crippen molar-refractivity contribution in [2.45, 2.75) is 18.9 Å². The molecule has 1 saturated heterocycles. The molecule has 118 valence electrons. The molecule has 1 aromatic carbocycles. The number of hydrogen-bond donors (Lipinski definition) is 2. The van der Waals surface area contributed by atoms with Crippen molar-refractivity contribution in [1.82, 2.24) is 10.9 Å². The molecule has 0 radical (unpaired) electrons. The van der Waals surface area contributed by atoms with Gasteiger partial charge in [-0.05, 0) is 37.1 Å². The van der Waals surface area contributed by atoms with E-state index in [1.165, 1.54) is 0 Å². The molecule has 1 aliphatic rings. The molecule has 0 unspecified atom stereocenters. The van der Waals surface area contributed by atoms with E-state index in [2.05, 4.69) is 26.8 Å². The summed E-state index contributed by atoms with van der Waals surface area (Å²) in [7, 11) is 0. The Balaban J connectivity index is 1.69. The molecule has 8 heteroatoms. The highest BCUT2D eigenvalue weighted by molar-refractivity contribution is 9.10. The summed E-state index contributed by atoms with van der Waals surface area (Å²) in [6, 6.07) is 6.62. The van der Waals surface area contributed by atoms with Gasteiger partial charge in [0, 0.05) is 16.6 Å². The molecule has 0 aliphatic carbocycles. The molecule has 0 aromatic heterocycles. The normalized spacial score (nSPS) is 16.9. The van der Waals surface area contributed by atoms with Crippen LogP contribution in [0.1, 0.15) is 23.2 Å². The van der Waals surface area contributed by atoms with E-state index in [0.29, 0.717) is 18.6 Å². The zero-order valence-corrected chi connectivity index (χ0v) is 13.2. The van der Waals surface area contributed by atoms with Crippen LogP contribution in [0.2, 0.25) is 0 Å². The predicted octanol–water partition coefficient (Wildman–Crippen LogP) is 0.932. The third-order valence-electron chi connectivity index (χ3n) is 2.96. The smallest absolute Gasteiger partial charge is 0.335 e. The second kappa shape index (κ2) is 7.90. The van der Waals surface area contributed by atoms with Gasteiger partial charge in [0.15, 0.2) is 12.7 Å². The second-order valence-electron chi connectivity index (χ2n) is 4.62. The number of carbonyl (C=O) groups excluding carboxylic acids is 3. The molecule has 22 heavy (non-hydrogen) atoms. The maximum Gasteiger partial charge on any atom is 0.335 e. The molecular formula is C14H15BrN2O5. The van der Waals surface area contributed by atoms with Crippen molar-refractivity contribution in [3.8, 4) is 0 Å². The average Bonchev–Trinajstić information content (AvgIpc) is 3.05. The lowest BCUT2D eigenvalue weighted by atomic mass is 10.2. The van der Waals surface area contributed by atoms with Gasteiger partial charge in [0.25, 0.3) is 11.8 Å². The third-order valence-corrected chi connectivity index (χ3v) is 3.49. The van der Waals surface area contributed by atoms with Crippen LogP contribution in [0, 0.1) is 0 Å². The van der Waals surface area contributed by atoms with Crippen LogP contribution in [0.4, 0.5) is 0 Å². The molecule has 1 aliphatic heterocycles. The molecule has 1 atom stereocenters. The van der Waals surface area contributed by atoms with Crippen LogP contribution in [-0.4, -0.2) is 37.1 Å². The Kier molecular flexibility index (Phi) is 5.91. The van der Waals surface area contributed by atoms with Crippen LogP contribution in [0.3, 0.4) is 0 Å². The maximum atomic E-state index is 11.7. The Morgan fingerprint density at radius 1 is 1.23 bits per heavy atom. The summed E-state index contributed by atoms with van der Waals surface area (Å²) in [4.78, 5) is 34.8. The van der Waals surface area contributed by atoms with E-state index >= 15 is 0 Å². The summed E-state index contributed by atoms with van der Waals surface area (Å²) in [6.07, 6.45) is 0.806. The van der Waals surface area contributed by atoms with Gasteiger partial charge in [0.05, 0.1) is 0 Å². The lowest BCUT2D eigenvalue weighted by Gasteiger charge is -2.10. The van der Waals surface area contributed by atoms with E-state index in [9.17, 15) is 14.4 Å². The standard InChI is InChI=1S/C14H15BrN2O5/c15-10-5-3-9(4-6-10)13(19)17-16-12(18)8-22-14(20)11-2-1-7-21-11/h3-6,11H,1-2,7-8H2,(H,16,18)(H,17,19)/t11-/m0/s1. The van der Waals surface area contributed by atoms with Crippen molar-refractivity contribution < 1.29 is 23.9 Å². The monoisotopic (exact) mass is 370 g/mol. The third kappa shape index (κ3) is 4.81. The van der Waals surface area contributed by atoms with Crippen molar-refractivity contribution in [1.29, 1.82) is 0 Å². The number of amides is 2. The Labute approximate surface area is 135 Å². The van der Waals surface area contributed by atoms with Crippen LogP contribution in [-0.2, 0) is 19.1 Å². The second-order valence-corrected chi connectivity index (χ2v) is 5.53. The van der Waals surface area contributed by atoms with Gasteiger partial charge >= 0.3 is 5.97 Å². The minimum absolute atomic E-state index is 0.389. The number of hydrogen-bond acceptors (Lipinski definition) is 5. The number of hydrazine groups is 1. The number of halogens is 1. The molecule has 7 nitrogen and oxygen atoms in total. The van der Waals surface area contributed by atoms with Crippen LogP contribution in [0.15, 0.2) is 28.7 Å². The van der Waals surface area contributed by atoms with E-state index in [0.717, 1.165) is 10.9 Å². The largest absolute Gasteiger partial charge is 0.454 e. The first-order valence-corrected chi connectivity index (χ1v) is 7.48. The van der Waals surface area contributed by atoms with Crippen molar-refractivity contribution >= 4 is 33.7 Å². The Bertz CT molecular complexity index is 555. The summed E-state index contributed by atoms with van der Waals surface area (Å²) in [6.45, 7) is 0.0501. The predicted molar refractivity (Wildman–Crippen MR) is 79.7 cm³/mol. The van der Waals surface area contributed by atoms with E-state index in [4.69, 9.17) is 9.47 Å². The summed E-state index contributed by atoms with van der Waals surface area (Å²) >= 11 is 3.26. The van der Waals surface area contributed by atoms with E-state index in [1.807, 2.05) is 0 Å². The highest BCUT2D eigenvalue weighted by Crippen LogP contribution is 2.13. The van der Waals surface area contributed by atoms with Crippen molar-refractivity contribution in [2.24, 2.45) is 0 Å². The van der Waals surface area contributed by atoms with Crippen molar-refractivity contribution in [3.05, 3.63) is 34.3 Å². The quantitative estimate of drug-likeness (QED) is 0.607. The molecule has 0 bridgehead atoms. The number of carbonyl (C=O) groups is 3. The van der Waals surface area contributed by atoms with E-state index in [-0.39, 0.29) is 0 Å². The lowest BCUT2D eigenvalue weighted by molar-refractivity contribution is -0.157. The summed E-state index contributed by atoms with van der Waals surface area (Å²) in [5, 5.41) is 0. The summed E-state index contributed by atoms with van der Waals surface area (Å²) < 4.78 is 10.8. The van der Waals surface area contributed by atoms with E-state index in [1.54, 1.807) is 24.3 Å². The van der Waals surface area contributed by atoms with Gasteiger partial charge in [-0.15, -0.1) is 0 Å². The molecule has 2 rings (SSSR count). The highest BCUT2D eigenvalue weighted by Gasteiger charge is 2.25. The van der Waals surface area contributed by atoms with Gasteiger partial charge in [-0.3, -0.25) is 20.4 Å². The van der Waals surface area contributed by atoms with Gasteiger partial charge in [0.2, 0.25) is 0 Å². The van der Waals surface area contributed by atoms with Gasteiger partial charge in [-0.1, -0.05) is 15.9 Å². The fourth-order valence-corrected chi connectivity index (χ4v) is 2.09. The molecular weight excluding hydrogens is 356 g/mol. The highest BCUT2D eigenvalue weighted by atomic mass is 79.9. The molecule has 0 spiro atoms. The zero-order chi connectivity index (χ0) is 15.9. The van der Waals surface area contributed by atoms with Crippen molar-refractivity contribution in [2.75, 3.05) is 13.2 Å². The molecule has 1 fully saturated rings. The average molecular weight is 371 g/mol. The Morgan fingerprint density at radius 2 is 1.95 bits per heavy atom. The minimum Gasteiger partial charge on any atom is -0.454 e. The molecule has 2 N–H and O–H groups in total. The molecule has 1 aromatic rings. The number of ether oxygens (including phenoxy) is 2. The number of esters is 1. The fraction of sp³-hybridized carbons (Fsp3) is 0.357. The van der Waals surface area contributed by atoms with Crippen LogP contribution in [0.5, 0.6) is 0 Å².